The molecule has 2 N–H and O–H groups in total. The molecule has 4 rings (SSSR count). The monoisotopic (exact) mass is 390 g/mol. The fourth-order valence-corrected chi connectivity index (χ4v) is 3.55. The summed E-state index contributed by atoms with van der Waals surface area (Å²) in [6, 6.07) is 16.2. The average Bonchev–Trinajstić information content (AvgIpc) is 2.98. The van der Waals surface area contributed by atoms with Crippen LogP contribution in [-0.4, -0.2) is 19.1 Å². The summed E-state index contributed by atoms with van der Waals surface area (Å²) >= 11 is 5.79. The Kier molecular flexibility index (Phi) is 5.08. The summed E-state index contributed by atoms with van der Waals surface area (Å²) in [5.41, 5.74) is 4.36. The number of benzene rings is 1. The van der Waals surface area contributed by atoms with Crippen LogP contribution in [0.3, 0.4) is 0 Å². The van der Waals surface area contributed by atoms with E-state index in [9.17, 15) is 0 Å². The molecule has 3 aromatic heterocycles. The standard InChI is InChI=1S/C21H22N6S/c1-15-7-5-11-22-19(15)24-13-26-17-9-3-4-10-18(17)27(21(26)28)14-25-20-16(2)8-6-12-23-20/h3-12H,13-14H2,1-2H3,(H,22,24)(H,23,25). The van der Waals surface area contributed by atoms with E-state index in [-0.39, 0.29) is 0 Å². The smallest absolute Gasteiger partial charge is 0.183 e. The van der Waals surface area contributed by atoms with E-state index < -0.39 is 0 Å². The van der Waals surface area contributed by atoms with Crippen molar-refractivity contribution in [2.45, 2.75) is 27.2 Å². The van der Waals surface area contributed by atoms with Crippen molar-refractivity contribution in [3.05, 3.63) is 76.8 Å². The lowest BCUT2D eigenvalue weighted by molar-refractivity contribution is 0.706. The lowest BCUT2D eigenvalue weighted by Crippen LogP contribution is -2.13. The van der Waals surface area contributed by atoms with Crippen LogP contribution in [0.1, 0.15) is 11.1 Å². The Morgan fingerprint density at radius 2 is 1.21 bits per heavy atom. The van der Waals surface area contributed by atoms with Crippen LogP contribution in [0.2, 0.25) is 0 Å². The van der Waals surface area contributed by atoms with Crippen molar-refractivity contribution in [2.24, 2.45) is 0 Å². The van der Waals surface area contributed by atoms with E-state index in [0.717, 1.165) is 38.6 Å². The largest absolute Gasteiger partial charge is 0.352 e. The van der Waals surface area contributed by atoms with Crippen LogP contribution in [-0.2, 0) is 13.3 Å². The number of imidazole rings is 1. The number of nitrogens with one attached hydrogen (secondary N) is 2. The van der Waals surface area contributed by atoms with E-state index in [0.29, 0.717) is 13.3 Å². The summed E-state index contributed by atoms with van der Waals surface area (Å²) in [6.07, 6.45) is 3.58. The minimum absolute atomic E-state index is 0.548. The second kappa shape index (κ2) is 7.82. The number of aryl methyl sites for hydroxylation is 2. The summed E-state index contributed by atoms with van der Waals surface area (Å²) in [5, 5.41) is 6.80. The van der Waals surface area contributed by atoms with Crippen molar-refractivity contribution in [1.29, 1.82) is 0 Å². The highest BCUT2D eigenvalue weighted by atomic mass is 32.1. The molecule has 0 unspecified atom stereocenters. The van der Waals surface area contributed by atoms with Crippen LogP contribution < -0.4 is 10.6 Å². The predicted octanol–water partition coefficient (Wildman–Crippen LogP) is 4.72. The van der Waals surface area contributed by atoms with Crippen LogP contribution in [0.25, 0.3) is 11.0 Å². The summed E-state index contributed by atoms with van der Waals surface area (Å²) in [7, 11) is 0. The zero-order chi connectivity index (χ0) is 19.5. The van der Waals surface area contributed by atoms with Gasteiger partial charge in [-0.05, 0) is 61.5 Å². The first-order valence-electron chi connectivity index (χ1n) is 9.14. The van der Waals surface area contributed by atoms with Gasteiger partial charge >= 0.3 is 0 Å². The highest BCUT2D eigenvalue weighted by Crippen LogP contribution is 2.20. The molecule has 0 saturated carbocycles. The Bertz CT molecular complexity index is 1090. The van der Waals surface area contributed by atoms with Crippen molar-refractivity contribution in [3.63, 3.8) is 0 Å². The van der Waals surface area contributed by atoms with Crippen LogP contribution in [0.15, 0.2) is 60.9 Å². The van der Waals surface area contributed by atoms with Gasteiger partial charge < -0.3 is 10.6 Å². The minimum Gasteiger partial charge on any atom is -0.352 e. The number of aromatic nitrogens is 4. The van der Waals surface area contributed by atoms with Gasteiger partial charge in [-0.3, -0.25) is 9.13 Å². The Balaban J connectivity index is 1.65. The first-order valence-corrected chi connectivity index (χ1v) is 9.55. The van der Waals surface area contributed by atoms with Crippen molar-refractivity contribution in [2.75, 3.05) is 10.6 Å². The van der Waals surface area contributed by atoms with Gasteiger partial charge in [0.25, 0.3) is 0 Å². The van der Waals surface area contributed by atoms with Gasteiger partial charge in [-0.15, -0.1) is 0 Å². The Hall–Kier alpha value is -3.19. The van der Waals surface area contributed by atoms with Gasteiger partial charge in [0.05, 0.1) is 24.4 Å². The van der Waals surface area contributed by atoms with Crippen LogP contribution in [0.4, 0.5) is 11.6 Å². The normalized spacial score (nSPS) is 10.9. The fraction of sp³-hybridized carbons (Fsp3) is 0.190. The number of rotatable bonds is 6. The van der Waals surface area contributed by atoms with Gasteiger partial charge in [-0.2, -0.15) is 0 Å². The minimum atomic E-state index is 0.548. The lowest BCUT2D eigenvalue weighted by Gasteiger charge is -2.11. The molecule has 0 spiro atoms. The first-order chi connectivity index (χ1) is 13.6. The molecular formula is C21H22N6S. The molecule has 0 radical (unpaired) electrons. The van der Waals surface area contributed by atoms with Gasteiger partial charge in [-0.25, -0.2) is 9.97 Å². The average molecular weight is 391 g/mol. The number of para-hydroxylation sites is 2. The van der Waals surface area contributed by atoms with E-state index in [1.807, 2.05) is 50.2 Å². The zero-order valence-electron chi connectivity index (χ0n) is 15.9. The van der Waals surface area contributed by atoms with Crippen molar-refractivity contribution >= 4 is 34.9 Å². The van der Waals surface area contributed by atoms with Gasteiger partial charge in [0.1, 0.15) is 11.6 Å². The molecule has 6 nitrogen and oxygen atoms in total. The fourth-order valence-electron chi connectivity index (χ4n) is 3.23. The van der Waals surface area contributed by atoms with Gasteiger partial charge in [0.2, 0.25) is 0 Å². The molecule has 28 heavy (non-hydrogen) atoms. The molecule has 3 heterocycles. The highest BCUT2D eigenvalue weighted by molar-refractivity contribution is 7.71. The first kappa shape index (κ1) is 18.2. The lowest BCUT2D eigenvalue weighted by atomic mass is 10.3. The number of hydrogen-bond donors (Lipinski definition) is 2. The molecule has 0 amide bonds. The molecule has 0 atom stereocenters. The third kappa shape index (κ3) is 3.48. The Labute approximate surface area is 168 Å². The second-order valence-corrected chi connectivity index (χ2v) is 7.00. The van der Waals surface area contributed by atoms with E-state index in [2.05, 4.69) is 41.9 Å². The molecule has 0 bridgehead atoms. The zero-order valence-corrected chi connectivity index (χ0v) is 16.7. The number of fused-ring (bicyclic) bond motifs is 1. The molecule has 0 aliphatic heterocycles. The Morgan fingerprint density at radius 3 is 1.64 bits per heavy atom. The summed E-state index contributed by atoms with van der Waals surface area (Å²) in [6.45, 7) is 5.17. The van der Waals surface area contributed by atoms with E-state index in [4.69, 9.17) is 12.2 Å². The second-order valence-electron chi connectivity index (χ2n) is 6.63. The van der Waals surface area contributed by atoms with Crippen molar-refractivity contribution in [3.8, 4) is 0 Å². The third-order valence-electron chi connectivity index (χ3n) is 4.75. The Morgan fingerprint density at radius 1 is 0.750 bits per heavy atom. The number of anilines is 2. The van der Waals surface area contributed by atoms with E-state index in [1.165, 1.54) is 0 Å². The molecule has 0 saturated heterocycles. The molecule has 1 aromatic carbocycles. The summed E-state index contributed by atoms with van der Waals surface area (Å²) in [5.74, 6) is 1.73. The quantitative estimate of drug-likeness (QED) is 0.467. The number of nitrogens with zero attached hydrogens (tertiary/aromatic N) is 4. The highest BCUT2D eigenvalue weighted by Gasteiger charge is 2.11. The molecule has 0 fully saturated rings. The molecule has 4 aromatic rings. The van der Waals surface area contributed by atoms with Gasteiger partial charge in [0.15, 0.2) is 4.77 Å². The third-order valence-corrected chi connectivity index (χ3v) is 5.19. The molecule has 0 aliphatic rings. The van der Waals surface area contributed by atoms with Gasteiger partial charge in [-0.1, -0.05) is 24.3 Å². The van der Waals surface area contributed by atoms with E-state index >= 15 is 0 Å². The summed E-state index contributed by atoms with van der Waals surface area (Å²) < 4.78 is 4.92. The van der Waals surface area contributed by atoms with Crippen molar-refractivity contribution < 1.29 is 0 Å². The SMILES string of the molecule is Cc1cccnc1NCn1c(=S)n(CNc2ncccc2C)c2ccccc21. The predicted molar refractivity (Wildman–Crippen MR) is 116 cm³/mol. The molecule has 7 heteroatoms. The van der Waals surface area contributed by atoms with E-state index in [1.54, 1.807) is 12.4 Å². The maximum atomic E-state index is 5.79. The van der Waals surface area contributed by atoms with Crippen molar-refractivity contribution in [1.82, 2.24) is 19.1 Å². The summed E-state index contributed by atoms with van der Waals surface area (Å²) in [4.78, 5) is 8.82. The van der Waals surface area contributed by atoms with Crippen LogP contribution >= 0.6 is 12.2 Å². The maximum Gasteiger partial charge on any atom is 0.183 e. The maximum absolute atomic E-state index is 5.79. The number of pyridine rings is 2. The van der Waals surface area contributed by atoms with Gasteiger partial charge in [0, 0.05) is 12.4 Å². The topological polar surface area (TPSA) is 59.7 Å². The number of hydrogen-bond acceptors (Lipinski definition) is 5. The molecule has 0 aliphatic carbocycles. The molecule has 142 valence electrons. The van der Waals surface area contributed by atoms with Crippen LogP contribution in [0.5, 0.6) is 0 Å². The molecular weight excluding hydrogens is 368 g/mol. The van der Waals surface area contributed by atoms with Crippen LogP contribution in [0, 0.1) is 18.6 Å².